The zero-order valence-electron chi connectivity index (χ0n) is 7.81. The molecule has 13 heavy (non-hydrogen) atoms. The Morgan fingerprint density at radius 1 is 1.46 bits per heavy atom. The van der Waals surface area contributed by atoms with Crippen LogP contribution in [0, 0.1) is 5.82 Å². The van der Waals surface area contributed by atoms with Crippen LogP contribution in [0.15, 0.2) is 18.2 Å². The van der Waals surface area contributed by atoms with Gasteiger partial charge < -0.3 is 5.32 Å². The van der Waals surface area contributed by atoms with E-state index in [4.69, 9.17) is 0 Å². The van der Waals surface area contributed by atoms with E-state index in [2.05, 4.69) is 12.2 Å². The van der Waals surface area contributed by atoms with Crippen molar-refractivity contribution in [1.29, 1.82) is 0 Å². The lowest BCUT2D eigenvalue weighted by atomic mass is 10.1. The smallest absolute Gasteiger partial charge is 0.125 e. The molecule has 1 aromatic rings. The van der Waals surface area contributed by atoms with Crippen molar-refractivity contribution in [3.8, 4) is 0 Å². The van der Waals surface area contributed by atoms with Crippen LogP contribution < -0.4 is 5.32 Å². The van der Waals surface area contributed by atoms with Crippen LogP contribution in [0.4, 0.5) is 10.1 Å². The van der Waals surface area contributed by atoms with Crippen molar-refractivity contribution in [2.75, 3.05) is 5.32 Å². The molecule has 0 saturated heterocycles. The van der Waals surface area contributed by atoms with Gasteiger partial charge in [-0.2, -0.15) is 0 Å². The zero-order valence-corrected chi connectivity index (χ0v) is 7.81. The molecule has 1 unspecified atom stereocenters. The predicted molar refractivity (Wildman–Crippen MR) is 52.4 cm³/mol. The van der Waals surface area contributed by atoms with Gasteiger partial charge in [-0.15, -0.1) is 0 Å². The maximum atomic E-state index is 12.9. The van der Waals surface area contributed by atoms with Crippen LogP contribution in [0.5, 0.6) is 0 Å². The molecule has 2 heteroatoms. The maximum Gasteiger partial charge on any atom is 0.125 e. The summed E-state index contributed by atoms with van der Waals surface area (Å²) in [5.41, 5.74) is 2.22. The van der Waals surface area contributed by atoms with Crippen molar-refractivity contribution in [3.05, 3.63) is 29.6 Å². The number of aryl methyl sites for hydroxylation is 1. The van der Waals surface area contributed by atoms with Gasteiger partial charge in [-0.3, -0.25) is 0 Å². The largest absolute Gasteiger partial charge is 0.382 e. The molecule has 0 amide bonds. The van der Waals surface area contributed by atoms with E-state index in [0.29, 0.717) is 6.04 Å². The fourth-order valence-corrected chi connectivity index (χ4v) is 1.84. The average molecular weight is 179 g/mol. The van der Waals surface area contributed by atoms with Gasteiger partial charge >= 0.3 is 0 Å². The third-order valence-electron chi connectivity index (χ3n) is 2.56. The molecule has 1 nitrogen and oxygen atoms in total. The van der Waals surface area contributed by atoms with E-state index in [1.807, 2.05) is 6.07 Å². The van der Waals surface area contributed by atoms with Crippen LogP contribution in [0.3, 0.4) is 0 Å². The standard InChI is InChI=1S/C11H14FN/c1-8-3-2-4-9-5-6-10(12)7-11(9)13-8/h5-8,13H,2-4H2,1H3. The van der Waals surface area contributed by atoms with Crippen LogP contribution in [-0.2, 0) is 6.42 Å². The molecule has 0 spiro atoms. The minimum atomic E-state index is -0.152. The Labute approximate surface area is 78.0 Å². The van der Waals surface area contributed by atoms with Gasteiger partial charge in [-0.1, -0.05) is 6.07 Å². The first kappa shape index (κ1) is 8.54. The molecule has 0 bridgehead atoms. The van der Waals surface area contributed by atoms with Crippen LogP contribution in [0.1, 0.15) is 25.3 Å². The molecular weight excluding hydrogens is 165 g/mol. The highest BCUT2D eigenvalue weighted by Crippen LogP contribution is 2.24. The summed E-state index contributed by atoms with van der Waals surface area (Å²) in [5, 5.41) is 3.32. The summed E-state index contributed by atoms with van der Waals surface area (Å²) in [6, 6.07) is 5.48. The Morgan fingerprint density at radius 2 is 2.31 bits per heavy atom. The van der Waals surface area contributed by atoms with Gasteiger partial charge in [0.15, 0.2) is 0 Å². The van der Waals surface area contributed by atoms with Crippen molar-refractivity contribution >= 4 is 5.69 Å². The Balaban J connectivity index is 2.35. The van der Waals surface area contributed by atoms with Crippen molar-refractivity contribution in [2.24, 2.45) is 0 Å². The number of halogens is 1. The number of anilines is 1. The fourth-order valence-electron chi connectivity index (χ4n) is 1.84. The number of hydrogen-bond acceptors (Lipinski definition) is 1. The third-order valence-corrected chi connectivity index (χ3v) is 2.56. The number of nitrogens with one attached hydrogen (secondary N) is 1. The number of hydrogen-bond donors (Lipinski definition) is 1. The molecule has 0 aromatic heterocycles. The minimum Gasteiger partial charge on any atom is -0.382 e. The van der Waals surface area contributed by atoms with Gasteiger partial charge in [0.25, 0.3) is 0 Å². The van der Waals surface area contributed by atoms with Gasteiger partial charge in [0.05, 0.1) is 0 Å². The summed E-state index contributed by atoms with van der Waals surface area (Å²) in [5.74, 6) is -0.152. The van der Waals surface area contributed by atoms with Crippen LogP contribution in [0.2, 0.25) is 0 Å². The van der Waals surface area contributed by atoms with E-state index in [9.17, 15) is 4.39 Å². The van der Waals surface area contributed by atoms with Crippen molar-refractivity contribution in [3.63, 3.8) is 0 Å². The maximum absolute atomic E-state index is 12.9. The van der Waals surface area contributed by atoms with E-state index in [1.165, 1.54) is 18.1 Å². The Hall–Kier alpha value is -1.05. The highest BCUT2D eigenvalue weighted by atomic mass is 19.1. The molecule has 70 valence electrons. The Bertz CT molecular complexity index is 309. The first-order valence-electron chi connectivity index (χ1n) is 4.80. The molecule has 0 radical (unpaired) electrons. The summed E-state index contributed by atoms with van der Waals surface area (Å²) < 4.78 is 12.9. The van der Waals surface area contributed by atoms with E-state index in [0.717, 1.165) is 18.5 Å². The average Bonchev–Trinajstić information content (AvgIpc) is 2.25. The lowest BCUT2D eigenvalue weighted by molar-refractivity contribution is 0.627. The molecule has 1 heterocycles. The summed E-state index contributed by atoms with van der Waals surface area (Å²) in [4.78, 5) is 0. The molecule has 0 saturated carbocycles. The highest BCUT2D eigenvalue weighted by Gasteiger charge is 2.11. The van der Waals surface area contributed by atoms with Crippen LogP contribution in [0.25, 0.3) is 0 Å². The van der Waals surface area contributed by atoms with Gasteiger partial charge in [0, 0.05) is 11.7 Å². The highest BCUT2D eigenvalue weighted by molar-refractivity contribution is 5.52. The molecule has 1 N–H and O–H groups in total. The van der Waals surface area contributed by atoms with Crippen LogP contribution >= 0.6 is 0 Å². The first-order chi connectivity index (χ1) is 6.25. The number of fused-ring (bicyclic) bond motifs is 1. The van der Waals surface area contributed by atoms with E-state index in [1.54, 1.807) is 6.07 Å². The van der Waals surface area contributed by atoms with Crippen molar-refractivity contribution in [1.82, 2.24) is 0 Å². The molecule has 1 aromatic carbocycles. The monoisotopic (exact) mass is 179 g/mol. The SMILES string of the molecule is CC1CCCc2ccc(F)cc2N1. The van der Waals surface area contributed by atoms with E-state index in [-0.39, 0.29) is 5.82 Å². The molecule has 0 fully saturated rings. The van der Waals surface area contributed by atoms with Gasteiger partial charge in [0.2, 0.25) is 0 Å². The van der Waals surface area contributed by atoms with Crippen molar-refractivity contribution in [2.45, 2.75) is 32.2 Å². The summed E-state index contributed by atoms with van der Waals surface area (Å²) in [7, 11) is 0. The second-order valence-electron chi connectivity index (χ2n) is 3.74. The fraction of sp³-hybridized carbons (Fsp3) is 0.455. The summed E-state index contributed by atoms with van der Waals surface area (Å²) in [6.45, 7) is 2.14. The van der Waals surface area contributed by atoms with Crippen LogP contribution in [-0.4, -0.2) is 6.04 Å². The predicted octanol–water partition coefficient (Wildman–Crippen LogP) is 2.96. The lowest BCUT2D eigenvalue weighted by Gasteiger charge is -2.12. The Kier molecular flexibility index (Phi) is 2.21. The van der Waals surface area contributed by atoms with Gasteiger partial charge in [-0.25, -0.2) is 4.39 Å². The zero-order chi connectivity index (χ0) is 9.26. The minimum absolute atomic E-state index is 0.152. The molecule has 0 aliphatic carbocycles. The molecule has 2 rings (SSSR count). The quantitative estimate of drug-likeness (QED) is 0.645. The van der Waals surface area contributed by atoms with Gasteiger partial charge in [-0.05, 0) is 43.9 Å². The van der Waals surface area contributed by atoms with E-state index < -0.39 is 0 Å². The molecule has 1 aliphatic rings. The lowest BCUT2D eigenvalue weighted by Crippen LogP contribution is -2.13. The second-order valence-corrected chi connectivity index (χ2v) is 3.74. The van der Waals surface area contributed by atoms with E-state index >= 15 is 0 Å². The van der Waals surface area contributed by atoms with Crippen molar-refractivity contribution < 1.29 is 4.39 Å². The normalized spacial score (nSPS) is 21.5. The Morgan fingerprint density at radius 3 is 3.15 bits per heavy atom. The third kappa shape index (κ3) is 1.82. The number of benzene rings is 1. The first-order valence-corrected chi connectivity index (χ1v) is 4.80. The molecule has 1 atom stereocenters. The number of rotatable bonds is 0. The molecular formula is C11H14FN. The topological polar surface area (TPSA) is 12.0 Å². The summed E-state index contributed by atoms with van der Waals surface area (Å²) >= 11 is 0. The summed E-state index contributed by atoms with van der Waals surface area (Å²) in [6.07, 6.45) is 3.41. The molecule has 1 aliphatic heterocycles. The second kappa shape index (κ2) is 3.36. The van der Waals surface area contributed by atoms with Gasteiger partial charge in [0.1, 0.15) is 5.82 Å².